The number of halogens is 3. The number of carbonyl (C=O) groups excluding carboxylic acids is 1. The van der Waals surface area contributed by atoms with Crippen LogP contribution in [0.15, 0.2) is 23.0 Å². The van der Waals surface area contributed by atoms with Crippen molar-refractivity contribution in [1.82, 2.24) is 9.55 Å². The molecule has 2 aromatic heterocycles. The highest BCUT2D eigenvalue weighted by molar-refractivity contribution is 6.18. The summed E-state index contributed by atoms with van der Waals surface area (Å²) in [5.41, 5.74) is 0.176. The molecule has 0 amide bonds. The van der Waals surface area contributed by atoms with Crippen LogP contribution in [-0.4, -0.2) is 20.6 Å². The average molecular weight is 433 g/mol. The van der Waals surface area contributed by atoms with Crippen LogP contribution in [0.25, 0.3) is 22.3 Å². The molecule has 2 aliphatic heterocycles. The van der Waals surface area contributed by atoms with Crippen molar-refractivity contribution in [3.8, 4) is 11.4 Å². The minimum Gasteiger partial charge on any atom is -0.458 e. The Hall–Kier alpha value is -2.84. The number of aromatic nitrogens is 2. The number of pyridine rings is 2. The van der Waals surface area contributed by atoms with Gasteiger partial charge in [-0.2, -0.15) is 0 Å². The lowest BCUT2D eigenvalue weighted by Gasteiger charge is -2.31. The lowest BCUT2D eigenvalue weighted by Crippen LogP contribution is -2.44. The van der Waals surface area contributed by atoms with Crippen molar-refractivity contribution in [1.29, 1.82) is 0 Å². The van der Waals surface area contributed by atoms with Crippen molar-refractivity contribution < 1.29 is 23.4 Å². The predicted octanol–water partition coefficient (Wildman–Crippen LogP) is 3.10. The molecule has 0 saturated carbocycles. The summed E-state index contributed by atoms with van der Waals surface area (Å²) in [6.07, 6.45) is 0.0250. The molecule has 0 unspecified atom stereocenters. The van der Waals surface area contributed by atoms with E-state index in [0.29, 0.717) is 27.9 Å². The van der Waals surface area contributed by atoms with Crippen LogP contribution in [0.5, 0.6) is 0 Å². The number of fused-ring (bicyclic) bond motifs is 5. The molecule has 5 rings (SSSR count). The van der Waals surface area contributed by atoms with Gasteiger partial charge in [-0.1, -0.05) is 6.92 Å². The van der Waals surface area contributed by atoms with Gasteiger partial charge in [-0.3, -0.25) is 4.79 Å². The van der Waals surface area contributed by atoms with Crippen molar-refractivity contribution in [2.24, 2.45) is 0 Å². The molecule has 0 bridgehead atoms. The van der Waals surface area contributed by atoms with Gasteiger partial charge in [0.25, 0.3) is 5.56 Å². The van der Waals surface area contributed by atoms with Crippen LogP contribution in [0.2, 0.25) is 0 Å². The standard InChI is InChI=1S/C21H15ClF2N2O4/c1-2-21(29)13-4-17-18-11(7-26(17)19(27)12(13)8-30-20(21)28)10(6-22)9-3-14(23)15(24)5-16(9)25-18/h3-5,29H,2,6-8H2,1H3/t21-/m0/s1. The molecule has 30 heavy (non-hydrogen) atoms. The maximum atomic E-state index is 13.8. The minimum atomic E-state index is -1.94. The first-order valence-electron chi connectivity index (χ1n) is 9.33. The van der Waals surface area contributed by atoms with Crippen molar-refractivity contribution in [3.05, 3.63) is 62.4 Å². The Balaban J connectivity index is 1.84. The van der Waals surface area contributed by atoms with Crippen LogP contribution in [-0.2, 0) is 34.2 Å². The summed E-state index contributed by atoms with van der Waals surface area (Å²) in [5, 5.41) is 11.3. The van der Waals surface area contributed by atoms with Gasteiger partial charge in [0.2, 0.25) is 0 Å². The molecule has 0 fully saturated rings. The Morgan fingerprint density at radius 2 is 1.97 bits per heavy atom. The number of carbonyl (C=O) groups is 1. The van der Waals surface area contributed by atoms with E-state index in [4.69, 9.17) is 16.3 Å². The molecule has 9 heteroatoms. The van der Waals surface area contributed by atoms with E-state index in [-0.39, 0.29) is 42.1 Å². The van der Waals surface area contributed by atoms with Crippen LogP contribution < -0.4 is 5.56 Å². The summed E-state index contributed by atoms with van der Waals surface area (Å²) in [7, 11) is 0. The number of benzene rings is 1. The number of hydrogen-bond donors (Lipinski definition) is 1. The van der Waals surface area contributed by atoms with Gasteiger partial charge >= 0.3 is 5.97 Å². The van der Waals surface area contributed by atoms with Crippen molar-refractivity contribution >= 4 is 28.5 Å². The van der Waals surface area contributed by atoms with Crippen LogP contribution in [0.4, 0.5) is 8.78 Å². The summed E-state index contributed by atoms with van der Waals surface area (Å²) < 4.78 is 34.2. The summed E-state index contributed by atoms with van der Waals surface area (Å²) >= 11 is 6.14. The quantitative estimate of drug-likeness (QED) is 0.389. The molecule has 3 aromatic rings. The topological polar surface area (TPSA) is 81.4 Å². The third kappa shape index (κ3) is 2.34. The van der Waals surface area contributed by atoms with Gasteiger partial charge in [0.05, 0.1) is 29.0 Å². The maximum Gasteiger partial charge on any atom is 0.343 e. The first kappa shape index (κ1) is 19.1. The Kier molecular flexibility index (Phi) is 4.04. The van der Waals surface area contributed by atoms with Gasteiger partial charge in [0.1, 0.15) is 6.61 Å². The van der Waals surface area contributed by atoms with Gasteiger partial charge < -0.3 is 14.4 Å². The lowest BCUT2D eigenvalue weighted by atomic mass is 9.86. The zero-order valence-electron chi connectivity index (χ0n) is 15.8. The van der Waals surface area contributed by atoms with E-state index >= 15 is 0 Å². The summed E-state index contributed by atoms with van der Waals surface area (Å²) in [6.45, 7) is 1.52. The molecule has 1 aromatic carbocycles. The van der Waals surface area contributed by atoms with Crippen LogP contribution in [0.3, 0.4) is 0 Å². The molecule has 0 spiro atoms. The van der Waals surface area contributed by atoms with E-state index in [1.54, 1.807) is 13.0 Å². The Bertz CT molecular complexity index is 1340. The van der Waals surface area contributed by atoms with Gasteiger partial charge in [-0.15, -0.1) is 11.6 Å². The molecule has 0 radical (unpaired) electrons. The highest BCUT2D eigenvalue weighted by atomic mass is 35.5. The Morgan fingerprint density at radius 3 is 2.67 bits per heavy atom. The molecule has 154 valence electrons. The first-order valence-corrected chi connectivity index (χ1v) is 9.87. The summed E-state index contributed by atoms with van der Waals surface area (Å²) in [4.78, 5) is 29.9. The number of hydrogen-bond acceptors (Lipinski definition) is 5. The average Bonchev–Trinajstić information content (AvgIpc) is 3.09. The summed E-state index contributed by atoms with van der Waals surface area (Å²) in [6, 6.07) is 3.60. The van der Waals surface area contributed by atoms with Gasteiger partial charge in [0, 0.05) is 28.5 Å². The van der Waals surface area contributed by atoms with E-state index < -0.39 is 28.8 Å². The number of aliphatic hydroxyl groups is 1. The Labute approximate surface area is 173 Å². The predicted molar refractivity (Wildman–Crippen MR) is 104 cm³/mol. The molecule has 6 nitrogen and oxygen atoms in total. The van der Waals surface area contributed by atoms with Crippen molar-refractivity contribution in [2.75, 3.05) is 0 Å². The number of cyclic esters (lactones) is 1. The van der Waals surface area contributed by atoms with E-state index in [1.165, 1.54) is 4.57 Å². The molecule has 2 aliphatic rings. The minimum absolute atomic E-state index is 0.00930. The number of rotatable bonds is 2. The zero-order chi connectivity index (χ0) is 21.4. The zero-order valence-corrected chi connectivity index (χ0v) is 16.5. The second-order valence-electron chi connectivity index (χ2n) is 7.44. The second-order valence-corrected chi connectivity index (χ2v) is 7.70. The van der Waals surface area contributed by atoms with Gasteiger partial charge in [0.15, 0.2) is 17.2 Å². The fourth-order valence-electron chi connectivity index (χ4n) is 4.31. The monoisotopic (exact) mass is 432 g/mol. The number of alkyl halides is 1. The Morgan fingerprint density at radius 1 is 1.23 bits per heavy atom. The second kappa shape index (κ2) is 6.33. The van der Waals surface area contributed by atoms with Crippen LogP contribution in [0, 0.1) is 11.6 Å². The van der Waals surface area contributed by atoms with Gasteiger partial charge in [-0.05, 0) is 24.1 Å². The first-order chi connectivity index (χ1) is 14.3. The highest BCUT2D eigenvalue weighted by Crippen LogP contribution is 2.40. The van der Waals surface area contributed by atoms with E-state index in [0.717, 1.165) is 12.1 Å². The van der Waals surface area contributed by atoms with E-state index in [2.05, 4.69) is 4.98 Å². The van der Waals surface area contributed by atoms with E-state index in [9.17, 15) is 23.5 Å². The summed E-state index contributed by atoms with van der Waals surface area (Å²) in [5.74, 6) is -2.86. The SMILES string of the molecule is CC[C@@]1(O)C(=O)OCc2c1cc1n(c2=O)Cc2c-1nc1cc(F)c(F)cc1c2CCl. The van der Waals surface area contributed by atoms with Gasteiger partial charge in [-0.25, -0.2) is 18.6 Å². The molecular formula is C21H15ClF2N2O4. The molecule has 0 aliphatic carbocycles. The maximum absolute atomic E-state index is 13.8. The van der Waals surface area contributed by atoms with Crippen molar-refractivity contribution in [3.63, 3.8) is 0 Å². The third-order valence-electron chi connectivity index (χ3n) is 5.98. The van der Waals surface area contributed by atoms with Crippen LogP contribution in [0.1, 0.15) is 35.6 Å². The van der Waals surface area contributed by atoms with E-state index in [1.807, 2.05) is 0 Å². The smallest absolute Gasteiger partial charge is 0.343 e. The fourth-order valence-corrected chi connectivity index (χ4v) is 4.61. The molecule has 1 N–H and O–H groups in total. The number of nitrogens with zero attached hydrogens (tertiary/aromatic N) is 2. The largest absolute Gasteiger partial charge is 0.458 e. The molecule has 4 heterocycles. The third-order valence-corrected chi connectivity index (χ3v) is 6.25. The lowest BCUT2D eigenvalue weighted by molar-refractivity contribution is -0.172. The van der Waals surface area contributed by atoms with Crippen molar-refractivity contribution in [2.45, 2.75) is 38.0 Å². The molecule has 0 saturated heterocycles. The fraction of sp³-hybridized carbons (Fsp3) is 0.286. The van der Waals surface area contributed by atoms with Crippen LogP contribution >= 0.6 is 11.6 Å². The highest BCUT2D eigenvalue weighted by Gasteiger charge is 2.45. The molecular weight excluding hydrogens is 418 g/mol. The number of ether oxygens (including phenoxy) is 1. The number of esters is 1. The molecule has 1 atom stereocenters. The normalized spacial score (nSPS) is 19.4.